The molecule has 7 nitrogen and oxygen atoms in total. The number of guanidine groups is 1. The van der Waals surface area contributed by atoms with E-state index in [-0.39, 0.29) is 6.04 Å². The molecule has 1 radical (unpaired) electrons. The fourth-order valence-corrected chi connectivity index (χ4v) is 3.20. The Morgan fingerprint density at radius 1 is 1.38 bits per heavy atom. The Labute approximate surface area is 143 Å². The molecule has 2 N–H and O–H groups in total. The minimum Gasteiger partial charge on any atom is -0.310 e. The zero-order valence-electron chi connectivity index (χ0n) is 14.7. The first-order chi connectivity index (χ1) is 11.2. The number of aromatic nitrogens is 1. The van der Waals surface area contributed by atoms with Crippen LogP contribution in [0.2, 0.25) is 0 Å². The van der Waals surface area contributed by atoms with Gasteiger partial charge in [0, 0.05) is 17.3 Å². The fraction of sp³-hybridized carbons (Fsp3) is 0.588. The van der Waals surface area contributed by atoms with Gasteiger partial charge in [-0.1, -0.05) is 6.07 Å². The van der Waals surface area contributed by atoms with Crippen molar-refractivity contribution in [2.45, 2.75) is 64.1 Å². The molecule has 1 unspecified atom stereocenters. The Hall–Kier alpha value is -2.17. The molecule has 0 spiro atoms. The summed E-state index contributed by atoms with van der Waals surface area (Å²) in [6.45, 7) is 7.82. The van der Waals surface area contributed by atoms with Crippen LogP contribution in [0.25, 0.3) is 0 Å². The number of hydrogen-bond acceptors (Lipinski definition) is 4. The molecule has 0 amide bonds. The molecule has 2 rings (SSSR count). The van der Waals surface area contributed by atoms with Gasteiger partial charge in [-0.3, -0.25) is 5.32 Å². The zero-order chi connectivity index (χ0) is 17.8. The van der Waals surface area contributed by atoms with E-state index in [4.69, 9.17) is 5.26 Å². The summed E-state index contributed by atoms with van der Waals surface area (Å²) < 4.78 is 0. The normalized spacial score (nSPS) is 23.8. The fourth-order valence-electron chi connectivity index (χ4n) is 3.20. The predicted octanol–water partition coefficient (Wildman–Crippen LogP) is 2.68. The molecule has 1 saturated heterocycles. The first kappa shape index (κ1) is 18.2. The molecule has 1 aliphatic heterocycles. The van der Waals surface area contributed by atoms with E-state index in [0.717, 1.165) is 12.8 Å². The average Bonchev–Trinajstić information content (AvgIpc) is 2.59. The highest BCUT2D eigenvalue weighted by Crippen LogP contribution is 2.36. The summed E-state index contributed by atoms with van der Waals surface area (Å²) in [5.74, 6) is 0.965. The number of pyridine rings is 1. The number of nitrogens with one attached hydrogen (secondary N) is 2. The Morgan fingerprint density at radius 2 is 2.12 bits per heavy atom. The summed E-state index contributed by atoms with van der Waals surface area (Å²) in [4.78, 5) is 8.82. The van der Waals surface area contributed by atoms with Crippen LogP contribution in [0.3, 0.4) is 0 Å². The van der Waals surface area contributed by atoms with Crippen LogP contribution in [-0.4, -0.2) is 33.1 Å². The van der Waals surface area contributed by atoms with Gasteiger partial charge in [-0.2, -0.15) is 5.26 Å². The van der Waals surface area contributed by atoms with Gasteiger partial charge in [-0.15, -0.1) is 10.3 Å². The number of hydrogen-bond donors (Lipinski definition) is 2. The number of anilines is 1. The van der Waals surface area contributed by atoms with E-state index in [0.29, 0.717) is 18.2 Å². The van der Waals surface area contributed by atoms with Crippen molar-refractivity contribution in [3.8, 4) is 6.19 Å². The molecular weight excluding hydrogens is 304 g/mol. The lowest BCUT2D eigenvalue weighted by atomic mass is 9.94. The van der Waals surface area contributed by atoms with E-state index in [2.05, 4.69) is 20.6 Å². The predicted molar refractivity (Wildman–Crippen MR) is 92.4 cm³/mol. The quantitative estimate of drug-likeness (QED) is 0.376. The van der Waals surface area contributed by atoms with Gasteiger partial charge in [0.1, 0.15) is 5.82 Å². The van der Waals surface area contributed by atoms with Crippen LogP contribution < -0.4 is 10.6 Å². The molecule has 0 bridgehead atoms. The van der Waals surface area contributed by atoms with Gasteiger partial charge in [-0.25, -0.2) is 9.98 Å². The van der Waals surface area contributed by atoms with Crippen molar-refractivity contribution in [2.75, 3.05) is 5.32 Å². The van der Waals surface area contributed by atoms with Crippen LogP contribution >= 0.6 is 0 Å². The maximum atomic E-state index is 12.6. The van der Waals surface area contributed by atoms with Gasteiger partial charge in [0.05, 0.1) is 6.04 Å². The van der Waals surface area contributed by atoms with Crippen molar-refractivity contribution in [3.05, 3.63) is 24.4 Å². The van der Waals surface area contributed by atoms with Crippen LogP contribution in [0, 0.1) is 11.5 Å². The third-order valence-corrected chi connectivity index (χ3v) is 4.32. The van der Waals surface area contributed by atoms with Crippen molar-refractivity contribution in [1.82, 2.24) is 15.4 Å². The lowest BCUT2D eigenvalue weighted by Gasteiger charge is -2.39. The van der Waals surface area contributed by atoms with Gasteiger partial charge in [0.15, 0.2) is 6.19 Å². The molecule has 1 fully saturated rings. The van der Waals surface area contributed by atoms with Gasteiger partial charge in [-0.05, 0) is 59.1 Å². The minimum absolute atomic E-state index is 0.0507. The second-order valence-electron chi connectivity index (χ2n) is 7.37. The molecule has 0 aromatic carbocycles. The van der Waals surface area contributed by atoms with E-state index >= 15 is 0 Å². The van der Waals surface area contributed by atoms with Crippen molar-refractivity contribution in [1.29, 1.82) is 5.26 Å². The number of hydroxylamine groups is 2. The molecule has 2 heterocycles. The van der Waals surface area contributed by atoms with Crippen LogP contribution in [0.15, 0.2) is 29.4 Å². The molecule has 1 aromatic heterocycles. The zero-order valence-corrected chi connectivity index (χ0v) is 14.7. The monoisotopic (exact) mass is 329 g/mol. The molecule has 0 saturated carbocycles. The summed E-state index contributed by atoms with van der Waals surface area (Å²) >= 11 is 0. The van der Waals surface area contributed by atoms with Gasteiger partial charge < -0.3 is 5.32 Å². The highest BCUT2D eigenvalue weighted by Gasteiger charge is 2.43. The highest BCUT2D eigenvalue weighted by atomic mass is 16.5. The van der Waals surface area contributed by atoms with Crippen LogP contribution in [0.4, 0.5) is 5.82 Å². The SMILES string of the molecule is CC1(C)CCC(N=C(NC#N)Nc2ccccn2)CC(C)(C)N1[O]. The van der Waals surface area contributed by atoms with Crippen molar-refractivity contribution >= 4 is 11.8 Å². The molecule has 24 heavy (non-hydrogen) atoms. The maximum Gasteiger partial charge on any atom is 0.210 e. The lowest BCUT2D eigenvalue weighted by molar-refractivity contribution is -0.269. The van der Waals surface area contributed by atoms with Crippen molar-refractivity contribution in [3.63, 3.8) is 0 Å². The summed E-state index contributed by atoms with van der Waals surface area (Å²) in [6, 6.07) is 5.42. The van der Waals surface area contributed by atoms with E-state index in [9.17, 15) is 5.21 Å². The first-order valence-electron chi connectivity index (χ1n) is 8.13. The third-order valence-electron chi connectivity index (χ3n) is 4.32. The first-order valence-corrected chi connectivity index (χ1v) is 8.13. The summed E-state index contributed by atoms with van der Waals surface area (Å²) in [5, 5.41) is 28.4. The molecule has 0 aliphatic carbocycles. The largest absolute Gasteiger partial charge is 0.310 e. The van der Waals surface area contributed by atoms with E-state index in [1.165, 1.54) is 5.06 Å². The molecule has 1 aromatic rings. The lowest BCUT2D eigenvalue weighted by Crippen LogP contribution is -2.51. The molecule has 129 valence electrons. The summed E-state index contributed by atoms with van der Waals surface area (Å²) in [7, 11) is 0. The minimum atomic E-state index is -0.517. The average molecular weight is 329 g/mol. The van der Waals surface area contributed by atoms with Gasteiger partial charge in [0.2, 0.25) is 5.96 Å². The number of rotatable bonds is 2. The van der Waals surface area contributed by atoms with E-state index in [1.807, 2.05) is 46.0 Å². The Balaban J connectivity index is 2.21. The Kier molecular flexibility index (Phi) is 5.42. The molecule has 1 aliphatic rings. The second-order valence-corrected chi connectivity index (χ2v) is 7.37. The topological polar surface area (TPSA) is 96.2 Å². The number of aliphatic imine (C=N–C) groups is 1. The van der Waals surface area contributed by atoms with Crippen LogP contribution in [0.5, 0.6) is 0 Å². The van der Waals surface area contributed by atoms with Gasteiger partial charge in [0.25, 0.3) is 0 Å². The highest BCUT2D eigenvalue weighted by molar-refractivity contribution is 5.93. The van der Waals surface area contributed by atoms with Gasteiger partial charge >= 0.3 is 0 Å². The smallest absolute Gasteiger partial charge is 0.210 e. The van der Waals surface area contributed by atoms with Crippen molar-refractivity contribution < 1.29 is 5.21 Å². The number of nitriles is 1. The third kappa shape index (κ3) is 4.43. The molecule has 7 heteroatoms. The van der Waals surface area contributed by atoms with E-state index in [1.54, 1.807) is 12.3 Å². The summed E-state index contributed by atoms with van der Waals surface area (Å²) in [6.07, 6.45) is 5.72. The molecule has 1 atom stereocenters. The van der Waals surface area contributed by atoms with Crippen LogP contribution in [0.1, 0.15) is 47.0 Å². The Morgan fingerprint density at radius 3 is 2.75 bits per heavy atom. The van der Waals surface area contributed by atoms with E-state index < -0.39 is 11.1 Å². The summed E-state index contributed by atoms with van der Waals surface area (Å²) in [5.41, 5.74) is -0.943. The Bertz CT molecular complexity index is 620. The van der Waals surface area contributed by atoms with Crippen molar-refractivity contribution in [2.24, 2.45) is 4.99 Å². The number of nitrogens with zero attached hydrogens (tertiary/aromatic N) is 4. The maximum absolute atomic E-state index is 12.6. The van der Waals surface area contributed by atoms with Crippen LogP contribution in [-0.2, 0) is 5.21 Å². The standard InChI is InChI=1S/C17H25N6O/c1-16(2)9-8-13(11-17(3,4)23(16)24)21-15(20-12-18)22-14-7-5-6-10-19-14/h5-7,10,13H,8-9,11H2,1-4H3,(H2,19,20,21,22). The molecular formula is C17H25N6O. The second kappa shape index (κ2) is 7.16.